The quantitative estimate of drug-likeness (QED) is 0.565. The summed E-state index contributed by atoms with van der Waals surface area (Å²) in [5.41, 5.74) is 2.42. The van der Waals surface area contributed by atoms with E-state index in [-0.39, 0.29) is 5.69 Å². The molecule has 3 aromatic carbocycles. The summed E-state index contributed by atoms with van der Waals surface area (Å²) in [5, 5.41) is 9.43. The number of amides is 3. The molecule has 7 nitrogen and oxygen atoms in total. The number of nitrogens with one attached hydrogen (secondary N) is 1. The second-order valence-electron chi connectivity index (χ2n) is 8.68. The minimum Gasteiger partial charge on any atom is -0.324 e. The summed E-state index contributed by atoms with van der Waals surface area (Å²) >= 11 is 5.96. The third-order valence-corrected chi connectivity index (χ3v) is 7.01. The first-order valence-electron chi connectivity index (χ1n) is 11.0. The van der Waals surface area contributed by atoms with E-state index in [1.165, 1.54) is 24.3 Å². The largest absolute Gasteiger partial charge is 0.324 e. The van der Waals surface area contributed by atoms with Crippen molar-refractivity contribution >= 4 is 46.9 Å². The molecule has 0 spiro atoms. The van der Waals surface area contributed by atoms with Crippen molar-refractivity contribution in [2.75, 3.05) is 10.2 Å². The molecule has 0 aromatic heterocycles. The molecule has 0 aliphatic carbocycles. The number of anilines is 2. The fourth-order valence-electron chi connectivity index (χ4n) is 5.26. The Labute approximate surface area is 204 Å². The van der Waals surface area contributed by atoms with Crippen LogP contribution in [0.1, 0.15) is 17.2 Å². The Kier molecular flexibility index (Phi) is 4.93. The van der Waals surface area contributed by atoms with E-state index >= 15 is 0 Å². The van der Waals surface area contributed by atoms with E-state index in [2.05, 4.69) is 10.4 Å². The first-order valence-corrected chi connectivity index (χ1v) is 11.4. The Hall–Kier alpha value is -4.04. The lowest BCUT2D eigenvalue weighted by molar-refractivity contribution is -0.129. The number of rotatable bonds is 3. The van der Waals surface area contributed by atoms with Crippen LogP contribution in [-0.4, -0.2) is 35.0 Å². The number of carbonyl (C=O) groups is 3. The molecule has 9 heteroatoms. The van der Waals surface area contributed by atoms with Gasteiger partial charge in [-0.05, 0) is 59.7 Å². The van der Waals surface area contributed by atoms with Crippen LogP contribution in [-0.2, 0) is 14.4 Å². The predicted octanol–water partition coefficient (Wildman–Crippen LogP) is 4.00. The molecule has 3 amide bonds. The van der Waals surface area contributed by atoms with Gasteiger partial charge in [0.15, 0.2) is 0 Å². The van der Waals surface area contributed by atoms with Crippen LogP contribution < -0.4 is 10.2 Å². The molecule has 2 saturated heterocycles. The Bertz CT molecular complexity index is 1390. The van der Waals surface area contributed by atoms with Gasteiger partial charge in [0.25, 0.3) is 0 Å². The van der Waals surface area contributed by atoms with E-state index in [0.717, 1.165) is 16.0 Å². The summed E-state index contributed by atoms with van der Waals surface area (Å²) in [6.07, 6.45) is 1.64. The van der Waals surface area contributed by atoms with Crippen LogP contribution in [0.2, 0.25) is 5.02 Å². The maximum Gasteiger partial charge on any atom is 0.249 e. The van der Waals surface area contributed by atoms with Crippen LogP contribution >= 0.6 is 11.6 Å². The topological polar surface area (TPSA) is 82.1 Å². The third kappa shape index (κ3) is 3.32. The Morgan fingerprint density at radius 1 is 0.914 bits per heavy atom. The zero-order chi connectivity index (χ0) is 24.3. The molecule has 3 aliphatic rings. The molecule has 0 bridgehead atoms. The molecule has 0 unspecified atom stereocenters. The molecule has 3 aromatic rings. The molecule has 35 heavy (non-hydrogen) atoms. The lowest BCUT2D eigenvalue weighted by Gasteiger charge is -2.33. The normalized spacial score (nSPS) is 24.3. The molecule has 2 fully saturated rings. The van der Waals surface area contributed by atoms with Crippen molar-refractivity contribution in [1.82, 2.24) is 5.01 Å². The van der Waals surface area contributed by atoms with Crippen LogP contribution in [0.15, 0.2) is 77.9 Å². The van der Waals surface area contributed by atoms with Gasteiger partial charge in [-0.3, -0.25) is 19.4 Å². The van der Waals surface area contributed by atoms with Gasteiger partial charge in [0.1, 0.15) is 11.9 Å². The number of nitrogens with zero attached hydrogens (tertiary/aromatic N) is 3. The van der Waals surface area contributed by atoms with E-state index in [0.29, 0.717) is 10.7 Å². The van der Waals surface area contributed by atoms with Gasteiger partial charge in [0, 0.05) is 10.7 Å². The molecule has 3 heterocycles. The number of carbonyl (C=O) groups excluding carboxylic acids is 3. The molecule has 0 radical (unpaired) electrons. The summed E-state index contributed by atoms with van der Waals surface area (Å²) in [7, 11) is 0. The SMILES string of the molecule is O=C(Nc1ccc(Cl)cc1)[C@H]1[C@H]2C(=O)N(c3ccc(F)cc3)C(=O)[C@H]2[C@@H]2c3ccccc3C=NN12. The van der Waals surface area contributed by atoms with Crippen LogP contribution in [0.5, 0.6) is 0 Å². The highest BCUT2D eigenvalue weighted by Gasteiger charge is 2.65. The minimum atomic E-state index is -1.02. The number of fused-ring (bicyclic) bond motifs is 5. The summed E-state index contributed by atoms with van der Waals surface area (Å²) in [4.78, 5) is 42.0. The fourth-order valence-corrected chi connectivity index (χ4v) is 5.39. The molecular formula is C26H18ClFN4O3. The number of hydrazone groups is 1. The number of benzene rings is 3. The zero-order valence-electron chi connectivity index (χ0n) is 18.1. The van der Waals surface area contributed by atoms with Crippen molar-refractivity contribution in [3.8, 4) is 0 Å². The van der Waals surface area contributed by atoms with Gasteiger partial charge in [0.05, 0.1) is 29.8 Å². The van der Waals surface area contributed by atoms with Gasteiger partial charge in [-0.2, -0.15) is 5.10 Å². The highest BCUT2D eigenvalue weighted by molar-refractivity contribution is 6.30. The van der Waals surface area contributed by atoms with Gasteiger partial charge < -0.3 is 5.32 Å². The molecule has 0 saturated carbocycles. The second kappa shape index (κ2) is 8.02. The molecular weight excluding hydrogens is 471 g/mol. The number of halogens is 2. The summed E-state index contributed by atoms with van der Waals surface area (Å²) in [6, 6.07) is 17.6. The average molecular weight is 489 g/mol. The van der Waals surface area contributed by atoms with Crippen molar-refractivity contribution in [2.45, 2.75) is 12.1 Å². The van der Waals surface area contributed by atoms with Crippen molar-refractivity contribution in [1.29, 1.82) is 0 Å². The van der Waals surface area contributed by atoms with Crippen LogP contribution in [0.25, 0.3) is 0 Å². The van der Waals surface area contributed by atoms with Crippen molar-refractivity contribution in [3.63, 3.8) is 0 Å². The molecule has 3 aliphatic heterocycles. The van der Waals surface area contributed by atoms with E-state index < -0.39 is 47.5 Å². The third-order valence-electron chi connectivity index (χ3n) is 6.76. The van der Waals surface area contributed by atoms with E-state index in [1.807, 2.05) is 24.3 Å². The average Bonchev–Trinajstić information content (AvgIpc) is 3.34. The predicted molar refractivity (Wildman–Crippen MR) is 128 cm³/mol. The summed E-state index contributed by atoms with van der Waals surface area (Å²) < 4.78 is 13.5. The number of hydrogen-bond donors (Lipinski definition) is 1. The van der Waals surface area contributed by atoms with Gasteiger partial charge in [-0.15, -0.1) is 0 Å². The highest BCUT2D eigenvalue weighted by Crippen LogP contribution is 2.52. The van der Waals surface area contributed by atoms with Gasteiger partial charge in [-0.25, -0.2) is 9.29 Å². The first kappa shape index (κ1) is 21.5. The van der Waals surface area contributed by atoms with E-state index in [1.54, 1.807) is 35.5 Å². The van der Waals surface area contributed by atoms with Crippen molar-refractivity contribution in [3.05, 3.63) is 94.8 Å². The van der Waals surface area contributed by atoms with Crippen LogP contribution in [0, 0.1) is 17.7 Å². The van der Waals surface area contributed by atoms with Crippen LogP contribution in [0.3, 0.4) is 0 Å². The summed E-state index contributed by atoms with van der Waals surface area (Å²) in [5.74, 6) is -3.67. The molecule has 1 N–H and O–H groups in total. The van der Waals surface area contributed by atoms with Crippen molar-refractivity contribution < 1.29 is 18.8 Å². The highest BCUT2D eigenvalue weighted by atomic mass is 35.5. The maximum atomic E-state index is 13.7. The molecule has 4 atom stereocenters. The second-order valence-corrected chi connectivity index (χ2v) is 9.12. The van der Waals surface area contributed by atoms with E-state index in [4.69, 9.17) is 11.6 Å². The fraction of sp³-hybridized carbons (Fsp3) is 0.154. The summed E-state index contributed by atoms with van der Waals surface area (Å²) in [6.45, 7) is 0. The van der Waals surface area contributed by atoms with Gasteiger partial charge in [0.2, 0.25) is 17.7 Å². The molecule has 174 valence electrons. The lowest BCUT2D eigenvalue weighted by atomic mass is 9.85. The lowest BCUT2D eigenvalue weighted by Crippen LogP contribution is -2.46. The minimum absolute atomic E-state index is 0.270. The van der Waals surface area contributed by atoms with E-state index in [9.17, 15) is 18.8 Å². The van der Waals surface area contributed by atoms with Gasteiger partial charge >= 0.3 is 0 Å². The monoisotopic (exact) mass is 488 g/mol. The molecule has 6 rings (SSSR count). The number of hydrogen-bond acceptors (Lipinski definition) is 5. The first-order chi connectivity index (χ1) is 16.9. The van der Waals surface area contributed by atoms with Gasteiger partial charge in [-0.1, -0.05) is 35.9 Å². The zero-order valence-corrected chi connectivity index (χ0v) is 18.9. The van der Waals surface area contributed by atoms with Crippen LogP contribution in [0.4, 0.5) is 15.8 Å². The van der Waals surface area contributed by atoms with Crippen molar-refractivity contribution in [2.24, 2.45) is 16.9 Å². The Morgan fingerprint density at radius 3 is 2.34 bits per heavy atom. The Morgan fingerprint density at radius 2 is 1.60 bits per heavy atom. The number of imide groups is 1. The standard InChI is InChI=1S/C26H18ClFN4O3/c27-15-5-9-17(10-6-15)30-24(33)23-21-20(22-19-4-2-1-3-14(19)13-29-32(22)23)25(34)31(26(21)35)18-11-7-16(28)8-12-18/h1-13,20-23H,(H,30,33)/t20-,21+,22+,23-/m1/s1. The smallest absolute Gasteiger partial charge is 0.249 e. The maximum absolute atomic E-state index is 13.7. The Balaban J connectivity index is 1.43.